The highest BCUT2D eigenvalue weighted by Crippen LogP contribution is 2.07. The molecule has 1 unspecified atom stereocenters. The van der Waals surface area contributed by atoms with Crippen LogP contribution < -0.4 is 11.1 Å². The van der Waals surface area contributed by atoms with Gasteiger partial charge in [0.25, 0.3) is 0 Å². The van der Waals surface area contributed by atoms with E-state index in [0.29, 0.717) is 19.1 Å². The predicted molar refractivity (Wildman–Crippen MR) is 53.6 cm³/mol. The molecular formula is C9H21N3O. The molecule has 0 bridgehead atoms. The first-order chi connectivity index (χ1) is 6.22. The zero-order chi connectivity index (χ0) is 9.68. The highest BCUT2D eigenvalue weighted by Gasteiger charge is 2.16. The third-order valence-corrected chi connectivity index (χ3v) is 2.63. The van der Waals surface area contributed by atoms with Gasteiger partial charge in [-0.25, -0.2) is 0 Å². The Morgan fingerprint density at radius 3 is 2.69 bits per heavy atom. The minimum atomic E-state index is -0.389. The Balaban J connectivity index is 2.08. The Morgan fingerprint density at radius 1 is 1.54 bits per heavy atom. The van der Waals surface area contributed by atoms with E-state index >= 15 is 0 Å². The summed E-state index contributed by atoms with van der Waals surface area (Å²) in [4.78, 5) is 2.33. The van der Waals surface area contributed by atoms with E-state index in [1.165, 1.54) is 12.8 Å². The van der Waals surface area contributed by atoms with E-state index in [1.54, 1.807) is 0 Å². The molecule has 13 heavy (non-hydrogen) atoms. The molecule has 1 rings (SSSR count). The Bertz CT molecular complexity index is 135. The van der Waals surface area contributed by atoms with Crippen LogP contribution in [0.4, 0.5) is 0 Å². The molecule has 1 saturated heterocycles. The summed E-state index contributed by atoms with van der Waals surface area (Å²) < 4.78 is 0. The van der Waals surface area contributed by atoms with Crippen molar-refractivity contribution in [3.63, 3.8) is 0 Å². The van der Waals surface area contributed by atoms with Crippen LogP contribution in [0.15, 0.2) is 0 Å². The van der Waals surface area contributed by atoms with Gasteiger partial charge in [-0.3, -0.25) is 0 Å². The third-order valence-electron chi connectivity index (χ3n) is 2.63. The largest absolute Gasteiger partial charge is 0.390 e. The predicted octanol–water partition coefficient (Wildman–Crippen LogP) is -1.01. The van der Waals surface area contributed by atoms with Crippen LogP contribution in [0.2, 0.25) is 0 Å². The Morgan fingerprint density at radius 2 is 2.15 bits per heavy atom. The molecule has 0 saturated carbocycles. The molecule has 1 fully saturated rings. The van der Waals surface area contributed by atoms with Gasteiger partial charge in [0.05, 0.1) is 6.10 Å². The van der Waals surface area contributed by atoms with Crippen molar-refractivity contribution in [2.24, 2.45) is 5.73 Å². The third kappa shape index (κ3) is 4.04. The van der Waals surface area contributed by atoms with Crippen LogP contribution in [0.25, 0.3) is 0 Å². The van der Waals surface area contributed by atoms with Crippen molar-refractivity contribution in [3.8, 4) is 0 Å². The number of hydrogen-bond donors (Lipinski definition) is 3. The first-order valence-corrected chi connectivity index (χ1v) is 5.02. The van der Waals surface area contributed by atoms with Gasteiger partial charge in [-0.15, -0.1) is 0 Å². The number of piperidine rings is 1. The average Bonchev–Trinajstić information content (AvgIpc) is 2.16. The van der Waals surface area contributed by atoms with E-state index in [4.69, 9.17) is 5.73 Å². The summed E-state index contributed by atoms with van der Waals surface area (Å²) in [5, 5.41) is 12.6. The van der Waals surface area contributed by atoms with Gasteiger partial charge in [-0.05, 0) is 33.0 Å². The summed E-state index contributed by atoms with van der Waals surface area (Å²) in [7, 11) is 2.14. The lowest BCUT2D eigenvalue weighted by Crippen LogP contribution is -2.44. The summed E-state index contributed by atoms with van der Waals surface area (Å²) in [6, 6.07) is 0.567. The van der Waals surface area contributed by atoms with Crippen LogP contribution in [0.3, 0.4) is 0 Å². The van der Waals surface area contributed by atoms with E-state index in [-0.39, 0.29) is 6.10 Å². The second-order valence-electron chi connectivity index (χ2n) is 3.88. The van der Waals surface area contributed by atoms with Gasteiger partial charge >= 0.3 is 0 Å². The fraction of sp³-hybridized carbons (Fsp3) is 1.00. The fourth-order valence-electron chi connectivity index (χ4n) is 1.60. The standard InChI is InChI=1S/C9H21N3O/c1-12-4-2-8(3-5-12)11-7-9(13)6-10/h8-9,11,13H,2-7,10H2,1H3. The van der Waals surface area contributed by atoms with Gasteiger partial charge in [-0.2, -0.15) is 0 Å². The number of aliphatic hydroxyl groups is 1. The lowest BCUT2D eigenvalue weighted by Gasteiger charge is -2.30. The van der Waals surface area contributed by atoms with Gasteiger partial charge in [0, 0.05) is 19.1 Å². The fourth-order valence-corrected chi connectivity index (χ4v) is 1.60. The number of likely N-dealkylation sites (tertiary alicyclic amines) is 1. The molecule has 1 atom stereocenters. The molecule has 4 N–H and O–H groups in total. The van der Waals surface area contributed by atoms with Crippen LogP contribution in [-0.4, -0.2) is 55.4 Å². The molecule has 0 aliphatic carbocycles. The summed E-state index contributed by atoms with van der Waals surface area (Å²) in [6.07, 6.45) is 1.96. The number of nitrogens with one attached hydrogen (secondary N) is 1. The topological polar surface area (TPSA) is 61.5 Å². The van der Waals surface area contributed by atoms with Gasteiger partial charge in [0.1, 0.15) is 0 Å². The van der Waals surface area contributed by atoms with E-state index in [2.05, 4.69) is 17.3 Å². The van der Waals surface area contributed by atoms with Gasteiger partial charge in [-0.1, -0.05) is 0 Å². The normalized spacial score (nSPS) is 23.3. The average molecular weight is 187 g/mol. The first kappa shape index (κ1) is 10.9. The molecule has 4 heteroatoms. The molecule has 0 spiro atoms. The maximum Gasteiger partial charge on any atom is 0.0786 e. The quantitative estimate of drug-likeness (QED) is 0.528. The zero-order valence-electron chi connectivity index (χ0n) is 8.37. The molecule has 1 aliphatic rings. The van der Waals surface area contributed by atoms with Crippen LogP contribution in [0, 0.1) is 0 Å². The van der Waals surface area contributed by atoms with Crippen LogP contribution >= 0.6 is 0 Å². The monoisotopic (exact) mass is 187 g/mol. The van der Waals surface area contributed by atoms with Crippen molar-refractivity contribution >= 4 is 0 Å². The molecule has 0 aromatic rings. The highest BCUT2D eigenvalue weighted by atomic mass is 16.3. The molecule has 0 aromatic heterocycles. The van der Waals surface area contributed by atoms with E-state index < -0.39 is 0 Å². The molecule has 1 heterocycles. The van der Waals surface area contributed by atoms with Gasteiger partial charge in [0.2, 0.25) is 0 Å². The number of nitrogens with zero attached hydrogens (tertiary/aromatic N) is 1. The molecule has 0 radical (unpaired) electrons. The smallest absolute Gasteiger partial charge is 0.0786 e. The maximum atomic E-state index is 9.24. The van der Waals surface area contributed by atoms with Crippen LogP contribution in [0.5, 0.6) is 0 Å². The highest BCUT2D eigenvalue weighted by molar-refractivity contribution is 4.76. The Labute approximate surface area is 80.1 Å². The van der Waals surface area contributed by atoms with Crippen molar-refractivity contribution < 1.29 is 5.11 Å². The lowest BCUT2D eigenvalue weighted by atomic mass is 10.1. The molecule has 78 valence electrons. The molecule has 4 nitrogen and oxygen atoms in total. The van der Waals surface area contributed by atoms with Crippen molar-refractivity contribution in [2.75, 3.05) is 33.2 Å². The summed E-state index contributed by atoms with van der Waals surface area (Å²) in [5.74, 6) is 0. The molecule has 0 amide bonds. The number of hydrogen-bond acceptors (Lipinski definition) is 4. The van der Waals surface area contributed by atoms with E-state index in [9.17, 15) is 5.11 Å². The van der Waals surface area contributed by atoms with Crippen molar-refractivity contribution in [1.29, 1.82) is 0 Å². The maximum absolute atomic E-state index is 9.24. The van der Waals surface area contributed by atoms with Gasteiger partial charge in [0.15, 0.2) is 0 Å². The second-order valence-corrected chi connectivity index (χ2v) is 3.88. The Kier molecular flexibility index (Phi) is 4.66. The zero-order valence-corrected chi connectivity index (χ0v) is 8.37. The second kappa shape index (κ2) is 5.54. The number of rotatable bonds is 4. The van der Waals surface area contributed by atoms with Crippen molar-refractivity contribution in [3.05, 3.63) is 0 Å². The van der Waals surface area contributed by atoms with E-state index in [1.807, 2.05) is 0 Å². The first-order valence-electron chi connectivity index (χ1n) is 5.02. The Hall–Kier alpha value is -0.160. The van der Waals surface area contributed by atoms with Crippen molar-refractivity contribution in [1.82, 2.24) is 10.2 Å². The lowest BCUT2D eigenvalue weighted by molar-refractivity contribution is 0.162. The van der Waals surface area contributed by atoms with E-state index in [0.717, 1.165) is 13.1 Å². The number of nitrogens with two attached hydrogens (primary N) is 1. The summed E-state index contributed by atoms with van der Waals surface area (Å²) in [6.45, 7) is 3.28. The van der Waals surface area contributed by atoms with Gasteiger partial charge < -0.3 is 21.1 Å². The molecular weight excluding hydrogens is 166 g/mol. The molecule has 1 aliphatic heterocycles. The summed E-state index contributed by atoms with van der Waals surface area (Å²) in [5.41, 5.74) is 5.31. The van der Waals surface area contributed by atoms with Crippen LogP contribution in [-0.2, 0) is 0 Å². The summed E-state index contributed by atoms with van der Waals surface area (Å²) >= 11 is 0. The SMILES string of the molecule is CN1CCC(NCC(O)CN)CC1. The minimum Gasteiger partial charge on any atom is -0.390 e. The van der Waals surface area contributed by atoms with Crippen molar-refractivity contribution in [2.45, 2.75) is 25.0 Å². The van der Waals surface area contributed by atoms with Crippen LogP contribution in [0.1, 0.15) is 12.8 Å². The number of aliphatic hydroxyl groups excluding tert-OH is 1. The molecule has 0 aromatic carbocycles. The minimum absolute atomic E-state index is 0.347.